The molecule has 1 rings (SSSR count). The highest BCUT2D eigenvalue weighted by Gasteiger charge is 2.08. The molecular formula is C11H15ClO. The molecule has 0 aliphatic heterocycles. The lowest BCUT2D eigenvalue weighted by atomic mass is 9.97. The van der Waals surface area contributed by atoms with E-state index in [2.05, 4.69) is 19.1 Å². The number of benzene rings is 1. The van der Waals surface area contributed by atoms with Gasteiger partial charge >= 0.3 is 0 Å². The Hall–Kier alpha value is -0.530. The molecule has 0 heterocycles. The lowest BCUT2D eigenvalue weighted by Crippen LogP contribution is -2.04. The minimum Gasteiger partial charge on any atom is -0.384 e. The Balaban J connectivity index is 2.85. The maximum atomic E-state index is 5.84. The van der Waals surface area contributed by atoms with Gasteiger partial charge in [-0.2, -0.15) is 0 Å². The minimum atomic E-state index is 0.417. The average molecular weight is 199 g/mol. The number of rotatable bonds is 4. The quantitative estimate of drug-likeness (QED) is 0.676. The molecule has 0 radical (unpaired) electrons. The summed E-state index contributed by atoms with van der Waals surface area (Å²) in [6.07, 6.45) is 0. The number of hydrogen-bond acceptors (Lipinski definition) is 1. The maximum absolute atomic E-state index is 5.84. The second-order valence-electron chi connectivity index (χ2n) is 3.19. The van der Waals surface area contributed by atoms with Crippen molar-refractivity contribution in [1.82, 2.24) is 0 Å². The molecule has 0 aliphatic rings. The van der Waals surface area contributed by atoms with E-state index in [0.717, 1.165) is 6.61 Å². The molecule has 0 bridgehead atoms. The highest BCUT2D eigenvalue weighted by molar-refractivity contribution is 6.17. The van der Waals surface area contributed by atoms with Crippen molar-refractivity contribution in [1.29, 1.82) is 0 Å². The molecule has 1 aromatic carbocycles. The Morgan fingerprint density at radius 2 is 2.08 bits per heavy atom. The second-order valence-corrected chi connectivity index (χ2v) is 3.46. The minimum absolute atomic E-state index is 0.417. The van der Waals surface area contributed by atoms with Crippen LogP contribution in [0.4, 0.5) is 0 Å². The van der Waals surface area contributed by atoms with Crippen LogP contribution in [0.2, 0.25) is 0 Å². The molecule has 1 unspecified atom stereocenters. The third kappa shape index (κ3) is 2.71. The largest absolute Gasteiger partial charge is 0.384 e. The van der Waals surface area contributed by atoms with Crippen LogP contribution < -0.4 is 0 Å². The molecule has 0 N–H and O–H groups in total. The number of hydrogen-bond donors (Lipinski definition) is 0. The highest BCUT2D eigenvalue weighted by atomic mass is 35.5. The van der Waals surface area contributed by atoms with E-state index in [1.54, 1.807) is 7.11 Å². The topological polar surface area (TPSA) is 9.23 Å². The molecule has 0 amide bonds. The number of alkyl halides is 1. The summed E-state index contributed by atoms with van der Waals surface area (Å²) in [7, 11) is 1.72. The predicted molar refractivity (Wildman–Crippen MR) is 56.3 cm³/mol. The Morgan fingerprint density at radius 1 is 1.38 bits per heavy atom. The molecule has 2 heteroatoms. The standard InChI is InChI=1S/C11H15ClO/c1-9(8-13-2)11-6-4-3-5-10(11)7-12/h3-6,9H,7-8H2,1-2H3. The normalized spacial score (nSPS) is 12.8. The summed E-state index contributed by atoms with van der Waals surface area (Å²) < 4.78 is 5.11. The monoisotopic (exact) mass is 198 g/mol. The summed E-state index contributed by atoms with van der Waals surface area (Å²) >= 11 is 5.84. The molecule has 0 saturated carbocycles. The average Bonchev–Trinajstić information content (AvgIpc) is 2.18. The van der Waals surface area contributed by atoms with E-state index in [-0.39, 0.29) is 0 Å². The van der Waals surface area contributed by atoms with Gasteiger partial charge in [0, 0.05) is 18.9 Å². The number of ether oxygens (including phenoxy) is 1. The van der Waals surface area contributed by atoms with Gasteiger partial charge in [-0.15, -0.1) is 11.6 Å². The summed E-state index contributed by atoms with van der Waals surface area (Å²) in [4.78, 5) is 0. The fourth-order valence-electron chi connectivity index (χ4n) is 1.48. The van der Waals surface area contributed by atoms with Crippen molar-refractivity contribution in [3.05, 3.63) is 35.4 Å². The van der Waals surface area contributed by atoms with E-state index in [1.165, 1.54) is 11.1 Å². The van der Waals surface area contributed by atoms with Gasteiger partial charge in [-0.05, 0) is 11.1 Å². The summed E-state index contributed by atoms with van der Waals surface area (Å²) in [5.74, 6) is 0.990. The Bertz CT molecular complexity index is 260. The van der Waals surface area contributed by atoms with Crippen LogP contribution in [0, 0.1) is 0 Å². The summed E-state index contributed by atoms with van der Waals surface area (Å²) in [6, 6.07) is 8.23. The fourth-order valence-corrected chi connectivity index (χ4v) is 1.72. The Kier molecular flexibility index (Phi) is 4.26. The van der Waals surface area contributed by atoms with Gasteiger partial charge in [0.05, 0.1) is 6.61 Å². The zero-order valence-corrected chi connectivity index (χ0v) is 8.84. The summed E-state index contributed by atoms with van der Waals surface area (Å²) in [5, 5.41) is 0. The van der Waals surface area contributed by atoms with Crippen molar-refractivity contribution in [3.63, 3.8) is 0 Å². The zero-order chi connectivity index (χ0) is 9.68. The van der Waals surface area contributed by atoms with Crippen molar-refractivity contribution in [3.8, 4) is 0 Å². The predicted octanol–water partition coefficient (Wildman–Crippen LogP) is 3.18. The molecule has 0 saturated heterocycles. The van der Waals surface area contributed by atoms with Gasteiger partial charge < -0.3 is 4.74 Å². The van der Waals surface area contributed by atoms with Crippen molar-refractivity contribution in [2.45, 2.75) is 18.7 Å². The van der Waals surface area contributed by atoms with Crippen LogP contribution in [0.3, 0.4) is 0 Å². The van der Waals surface area contributed by atoms with E-state index in [4.69, 9.17) is 16.3 Å². The molecule has 0 spiro atoms. The third-order valence-electron chi connectivity index (χ3n) is 2.15. The molecule has 0 fully saturated rings. The van der Waals surface area contributed by atoms with Crippen LogP contribution in [0.5, 0.6) is 0 Å². The molecule has 72 valence electrons. The van der Waals surface area contributed by atoms with Gasteiger partial charge in [0.1, 0.15) is 0 Å². The second kappa shape index (κ2) is 5.25. The Labute approximate surface area is 84.7 Å². The van der Waals surface area contributed by atoms with E-state index >= 15 is 0 Å². The van der Waals surface area contributed by atoms with Crippen molar-refractivity contribution >= 4 is 11.6 Å². The van der Waals surface area contributed by atoms with Crippen LogP contribution in [-0.4, -0.2) is 13.7 Å². The first-order valence-corrected chi connectivity index (χ1v) is 4.95. The van der Waals surface area contributed by atoms with Crippen molar-refractivity contribution in [2.75, 3.05) is 13.7 Å². The van der Waals surface area contributed by atoms with Gasteiger partial charge in [0.2, 0.25) is 0 Å². The first-order valence-electron chi connectivity index (χ1n) is 4.42. The molecular weight excluding hydrogens is 184 g/mol. The molecule has 13 heavy (non-hydrogen) atoms. The first-order chi connectivity index (χ1) is 6.29. The molecule has 1 nitrogen and oxygen atoms in total. The third-order valence-corrected chi connectivity index (χ3v) is 2.43. The van der Waals surface area contributed by atoms with Gasteiger partial charge in [-0.1, -0.05) is 31.2 Å². The van der Waals surface area contributed by atoms with Gasteiger partial charge in [-0.3, -0.25) is 0 Å². The van der Waals surface area contributed by atoms with Crippen LogP contribution in [-0.2, 0) is 10.6 Å². The van der Waals surface area contributed by atoms with E-state index in [9.17, 15) is 0 Å². The van der Waals surface area contributed by atoms with E-state index in [0.29, 0.717) is 11.8 Å². The van der Waals surface area contributed by atoms with E-state index in [1.807, 2.05) is 12.1 Å². The van der Waals surface area contributed by atoms with Crippen LogP contribution in [0.25, 0.3) is 0 Å². The van der Waals surface area contributed by atoms with Gasteiger partial charge in [0.25, 0.3) is 0 Å². The summed E-state index contributed by atoms with van der Waals surface area (Å²) in [5.41, 5.74) is 2.49. The molecule has 1 atom stereocenters. The first kappa shape index (κ1) is 10.6. The number of methoxy groups -OCH3 is 1. The van der Waals surface area contributed by atoms with Gasteiger partial charge in [-0.25, -0.2) is 0 Å². The molecule has 0 aliphatic carbocycles. The van der Waals surface area contributed by atoms with Gasteiger partial charge in [0.15, 0.2) is 0 Å². The zero-order valence-electron chi connectivity index (χ0n) is 8.09. The van der Waals surface area contributed by atoms with E-state index < -0.39 is 0 Å². The SMILES string of the molecule is COCC(C)c1ccccc1CCl. The molecule has 0 aromatic heterocycles. The van der Waals surface area contributed by atoms with Crippen LogP contribution >= 0.6 is 11.6 Å². The lowest BCUT2D eigenvalue weighted by Gasteiger charge is -2.13. The van der Waals surface area contributed by atoms with Crippen LogP contribution in [0.15, 0.2) is 24.3 Å². The highest BCUT2D eigenvalue weighted by Crippen LogP contribution is 2.21. The smallest absolute Gasteiger partial charge is 0.0528 e. The number of halogens is 1. The van der Waals surface area contributed by atoms with Crippen LogP contribution in [0.1, 0.15) is 24.0 Å². The molecule has 1 aromatic rings. The fraction of sp³-hybridized carbons (Fsp3) is 0.455. The maximum Gasteiger partial charge on any atom is 0.0528 e. The lowest BCUT2D eigenvalue weighted by molar-refractivity contribution is 0.184. The Morgan fingerprint density at radius 3 is 2.69 bits per heavy atom. The van der Waals surface area contributed by atoms with Crippen molar-refractivity contribution < 1.29 is 4.74 Å². The van der Waals surface area contributed by atoms with Crippen molar-refractivity contribution in [2.24, 2.45) is 0 Å². The summed E-state index contributed by atoms with van der Waals surface area (Å²) in [6.45, 7) is 2.89.